The Hall–Kier alpha value is -0.120. The molecule has 0 bridgehead atoms. The Morgan fingerprint density at radius 3 is 2.29 bits per heavy atom. The molecule has 1 fully saturated rings. The Morgan fingerprint density at radius 2 is 1.81 bits per heavy atom. The molecule has 0 aromatic rings. The van der Waals surface area contributed by atoms with Gasteiger partial charge in [-0.05, 0) is 51.6 Å². The summed E-state index contributed by atoms with van der Waals surface area (Å²) in [6.07, 6.45) is 11.8. The van der Waals surface area contributed by atoms with E-state index in [4.69, 9.17) is 5.84 Å². The van der Waals surface area contributed by atoms with E-state index in [-0.39, 0.29) is 5.54 Å². The van der Waals surface area contributed by atoms with Gasteiger partial charge in [-0.15, -0.1) is 0 Å². The minimum absolute atomic E-state index is 0.203. The number of unbranched alkanes of at least 4 members (excludes halogenated alkanes) is 1. The highest BCUT2D eigenvalue weighted by Gasteiger charge is 2.38. The van der Waals surface area contributed by atoms with Crippen LogP contribution in [0.1, 0.15) is 85.5 Å². The van der Waals surface area contributed by atoms with Gasteiger partial charge in [0.15, 0.2) is 0 Å². The Labute approximate surface area is 133 Å². The number of hydrogen-bond donors (Lipinski definition) is 2. The van der Waals surface area contributed by atoms with E-state index >= 15 is 0 Å². The fourth-order valence-corrected chi connectivity index (χ4v) is 3.91. The molecule has 126 valence electrons. The van der Waals surface area contributed by atoms with Gasteiger partial charge in [0, 0.05) is 11.6 Å². The van der Waals surface area contributed by atoms with Crippen molar-refractivity contribution in [2.75, 3.05) is 13.1 Å². The van der Waals surface area contributed by atoms with E-state index in [0.29, 0.717) is 6.04 Å². The van der Waals surface area contributed by atoms with E-state index < -0.39 is 0 Å². The molecule has 3 nitrogen and oxygen atoms in total. The lowest BCUT2D eigenvalue weighted by Crippen LogP contribution is -2.62. The maximum absolute atomic E-state index is 6.00. The van der Waals surface area contributed by atoms with Gasteiger partial charge in [0.05, 0.1) is 0 Å². The fourth-order valence-electron chi connectivity index (χ4n) is 3.91. The molecule has 0 saturated carbocycles. The molecule has 1 aliphatic rings. The van der Waals surface area contributed by atoms with Crippen LogP contribution >= 0.6 is 0 Å². The van der Waals surface area contributed by atoms with Crippen molar-refractivity contribution in [2.24, 2.45) is 11.8 Å². The van der Waals surface area contributed by atoms with Crippen LogP contribution in [0, 0.1) is 5.92 Å². The summed E-state index contributed by atoms with van der Waals surface area (Å²) < 4.78 is 0. The predicted octanol–water partition coefficient (Wildman–Crippen LogP) is 4.08. The lowest BCUT2D eigenvalue weighted by molar-refractivity contribution is 0.0340. The minimum atomic E-state index is 0.203. The third-order valence-corrected chi connectivity index (χ3v) is 5.86. The zero-order chi connectivity index (χ0) is 15.7. The van der Waals surface area contributed by atoms with E-state index in [1.54, 1.807) is 0 Å². The second-order valence-corrected chi connectivity index (χ2v) is 7.13. The molecule has 1 heterocycles. The topological polar surface area (TPSA) is 41.3 Å². The minimum Gasteiger partial charge on any atom is -0.296 e. The van der Waals surface area contributed by atoms with E-state index in [1.807, 2.05) is 0 Å². The third-order valence-electron chi connectivity index (χ3n) is 5.86. The van der Waals surface area contributed by atoms with Gasteiger partial charge in [-0.25, -0.2) is 0 Å². The van der Waals surface area contributed by atoms with Crippen molar-refractivity contribution in [3.8, 4) is 0 Å². The predicted molar refractivity (Wildman–Crippen MR) is 93.2 cm³/mol. The summed E-state index contributed by atoms with van der Waals surface area (Å²) in [4.78, 5) is 2.70. The van der Waals surface area contributed by atoms with Gasteiger partial charge in [-0.2, -0.15) is 0 Å². The second kappa shape index (κ2) is 9.81. The summed E-state index contributed by atoms with van der Waals surface area (Å²) in [5, 5.41) is 0. The molecule has 3 N–H and O–H groups in total. The molecule has 0 spiro atoms. The molecule has 0 radical (unpaired) electrons. The average molecular weight is 298 g/mol. The van der Waals surface area contributed by atoms with E-state index in [1.165, 1.54) is 70.9 Å². The van der Waals surface area contributed by atoms with Crippen molar-refractivity contribution in [1.82, 2.24) is 10.3 Å². The van der Waals surface area contributed by atoms with Crippen molar-refractivity contribution in [3.05, 3.63) is 0 Å². The number of rotatable bonds is 10. The molecule has 3 unspecified atom stereocenters. The van der Waals surface area contributed by atoms with Crippen molar-refractivity contribution < 1.29 is 0 Å². The summed E-state index contributed by atoms with van der Waals surface area (Å²) >= 11 is 0. The summed E-state index contributed by atoms with van der Waals surface area (Å²) in [5.74, 6) is 6.80. The standard InChI is InChI=1S/C18H39N3/c1-5-8-12-16(6-2)15-17(20-19)18(4,7-3)21-13-10-9-11-14-21/h16-17,20H,5-15,19H2,1-4H3. The first kappa shape index (κ1) is 18.9. The van der Waals surface area contributed by atoms with Crippen LogP contribution < -0.4 is 11.3 Å². The highest BCUT2D eigenvalue weighted by molar-refractivity contribution is 4.97. The molecule has 0 aliphatic carbocycles. The summed E-state index contributed by atoms with van der Waals surface area (Å²) in [6, 6.07) is 0.405. The monoisotopic (exact) mass is 297 g/mol. The first-order valence-corrected chi connectivity index (χ1v) is 9.33. The van der Waals surface area contributed by atoms with Gasteiger partial charge in [-0.1, -0.05) is 52.9 Å². The van der Waals surface area contributed by atoms with Gasteiger partial charge in [-0.3, -0.25) is 16.2 Å². The molecule has 1 rings (SSSR count). The van der Waals surface area contributed by atoms with E-state index in [0.717, 1.165) is 5.92 Å². The number of nitrogens with zero attached hydrogens (tertiary/aromatic N) is 1. The molecular weight excluding hydrogens is 258 g/mol. The van der Waals surface area contributed by atoms with Crippen LogP contribution in [0.3, 0.4) is 0 Å². The Bertz CT molecular complexity index is 263. The van der Waals surface area contributed by atoms with Crippen molar-refractivity contribution >= 4 is 0 Å². The fraction of sp³-hybridized carbons (Fsp3) is 1.00. The average Bonchev–Trinajstić information content (AvgIpc) is 2.55. The van der Waals surface area contributed by atoms with Gasteiger partial charge >= 0.3 is 0 Å². The second-order valence-electron chi connectivity index (χ2n) is 7.13. The van der Waals surface area contributed by atoms with Crippen LogP contribution in [0.4, 0.5) is 0 Å². The summed E-state index contributed by atoms with van der Waals surface area (Å²) in [6.45, 7) is 11.9. The lowest BCUT2D eigenvalue weighted by Gasteiger charge is -2.48. The van der Waals surface area contributed by atoms with Crippen LogP contribution in [0.15, 0.2) is 0 Å². The van der Waals surface area contributed by atoms with E-state index in [9.17, 15) is 0 Å². The largest absolute Gasteiger partial charge is 0.296 e. The van der Waals surface area contributed by atoms with Crippen molar-refractivity contribution in [2.45, 2.75) is 97.1 Å². The Balaban J connectivity index is 2.72. The SMILES string of the molecule is CCCCC(CC)CC(NN)C(C)(CC)N1CCCCC1. The zero-order valence-corrected chi connectivity index (χ0v) is 15.0. The maximum atomic E-state index is 6.00. The highest BCUT2D eigenvalue weighted by Crippen LogP contribution is 2.32. The van der Waals surface area contributed by atoms with Crippen LogP contribution in [0.2, 0.25) is 0 Å². The van der Waals surface area contributed by atoms with Gasteiger partial charge in [0.1, 0.15) is 0 Å². The molecule has 1 aliphatic heterocycles. The molecule has 21 heavy (non-hydrogen) atoms. The number of hydrogen-bond acceptors (Lipinski definition) is 3. The molecule has 3 atom stereocenters. The van der Waals surface area contributed by atoms with Crippen molar-refractivity contribution in [3.63, 3.8) is 0 Å². The molecule has 3 heteroatoms. The number of piperidine rings is 1. The molecule has 1 saturated heterocycles. The van der Waals surface area contributed by atoms with E-state index in [2.05, 4.69) is 38.0 Å². The Kier molecular flexibility index (Phi) is 8.84. The smallest absolute Gasteiger partial charge is 0.0394 e. The molecule has 0 aromatic carbocycles. The quantitative estimate of drug-likeness (QED) is 0.471. The molecular formula is C18H39N3. The normalized spacial score (nSPS) is 22.7. The van der Waals surface area contributed by atoms with Crippen LogP contribution in [-0.2, 0) is 0 Å². The highest BCUT2D eigenvalue weighted by atomic mass is 15.3. The maximum Gasteiger partial charge on any atom is 0.0394 e. The van der Waals surface area contributed by atoms with Gasteiger partial charge in [0.25, 0.3) is 0 Å². The van der Waals surface area contributed by atoms with Crippen LogP contribution in [0.5, 0.6) is 0 Å². The number of likely N-dealkylation sites (tertiary alicyclic amines) is 1. The Morgan fingerprint density at radius 1 is 1.14 bits per heavy atom. The zero-order valence-electron chi connectivity index (χ0n) is 15.0. The lowest BCUT2D eigenvalue weighted by atomic mass is 9.79. The number of nitrogens with two attached hydrogens (primary N) is 1. The van der Waals surface area contributed by atoms with Crippen molar-refractivity contribution in [1.29, 1.82) is 0 Å². The number of nitrogens with one attached hydrogen (secondary N) is 1. The van der Waals surface area contributed by atoms with Crippen LogP contribution in [-0.4, -0.2) is 29.6 Å². The molecule has 0 aromatic heterocycles. The van der Waals surface area contributed by atoms with Gasteiger partial charge in [0.2, 0.25) is 0 Å². The summed E-state index contributed by atoms with van der Waals surface area (Å²) in [7, 11) is 0. The first-order valence-electron chi connectivity index (χ1n) is 9.33. The van der Waals surface area contributed by atoms with Crippen LogP contribution in [0.25, 0.3) is 0 Å². The summed E-state index contributed by atoms with van der Waals surface area (Å²) in [5.41, 5.74) is 3.39. The first-order chi connectivity index (χ1) is 10.1. The third kappa shape index (κ3) is 5.22. The molecule has 0 amide bonds. The number of hydrazine groups is 1. The van der Waals surface area contributed by atoms with Gasteiger partial charge < -0.3 is 0 Å².